The van der Waals surface area contributed by atoms with E-state index >= 15 is 4.39 Å². The number of hydrogen-bond donors (Lipinski definition) is 1. The zero-order valence-electron chi connectivity index (χ0n) is 28.1. The fourth-order valence-electron chi connectivity index (χ4n) is 6.67. The number of alkyl halides is 2. The Morgan fingerprint density at radius 1 is 0.765 bits per heavy atom. The Morgan fingerprint density at radius 2 is 1.37 bits per heavy atom. The van der Waals surface area contributed by atoms with Gasteiger partial charge < -0.3 is 23.9 Å². The lowest BCUT2D eigenvalue weighted by atomic mass is 10.0. The molecule has 0 spiro atoms. The molecule has 2 aliphatic heterocycles. The number of rotatable bonds is 12. The number of fused-ring (bicyclic) bond motifs is 1. The molecule has 5 aromatic rings. The van der Waals surface area contributed by atoms with E-state index in [1.54, 1.807) is 48.5 Å². The number of carbonyl (C=O) groups excluding carboxylic acids is 1. The molecule has 0 aliphatic carbocycles. The third-order valence-electron chi connectivity index (χ3n) is 9.42. The molecule has 0 unspecified atom stereocenters. The summed E-state index contributed by atoms with van der Waals surface area (Å²) in [5.41, 5.74) is 2.72. The first-order chi connectivity index (χ1) is 24.9. The third kappa shape index (κ3) is 9.03. The monoisotopic (exact) mass is 699 g/mol. The molecule has 4 aromatic carbocycles. The minimum Gasteiger partial charge on any atom is -0.487 e. The highest BCUT2D eigenvalue weighted by Crippen LogP contribution is 2.29. The summed E-state index contributed by atoms with van der Waals surface area (Å²) in [6.07, 6.45) is 0.410. The van der Waals surface area contributed by atoms with Gasteiger partial charge >= 0.3 is 0 Å². The molecule has 51 heavy (non-hydrogen) atoms. The van der Waals surface area contributed by atoms with E-state index in [1.165, 1.54) is 12.1 Å². The summed E-state index contributed by atoms with van der Waals surface area (Å²) < 4.78 is 63.5. The molecule has 1 N–H and O–H groups in total. The van der Waals surface area contributed by atoms with Gasteiger partial charge in [0.05, 0.1) is 0 Å². The summed E-state index contributed by atoms with van der Waals surface area (Å²) in [7, 11) is 0. The maximum Gasteiger partial charge on any atom is 0.287 e. The minimum absolute atomic E-state index is 0.0368. The minimum atomic E-state index is -1.17. The van der Waals surface area contributed by atoms with Gasteiger partial charge in [-0.15, -0.1) is 0 Å². The SMILES string of the molecule is O=C(NC1CCN(Cc2ccc(OCF)cc2)CC1)c1cc2cc(O[C@@H]3CCN(Cc4ccc(Oc5ccc(F)cc5)cc4)C[C@H]3F)ccc2o1. The number of furan rings is 1. The van der Waals surface area contributed by atoms with Crippen LogP contribution in [0.15, 0.2) is 101 Å². The zero-order chi connectivity index (χ0) is 35.2. The highest BCUT2D eigenvalue weighted by Gasteiger charge is 2.31. The van der Waals surface area contributed by atoms with E-state index in [2.05, 4.69) is 15.1 Å². The van der Waals surface area contributed by atoms with Crippen molar-refractivity contribution in [1.82, 2.24) is 15.1 Å². The molecular formula is C40H40F3N3O5. The van der Waals surface area contributed by atoms with Crippen LogP contribution in [0.5, 0.6) is 23.0 Å². The van der Waals surface area contributed by atoms with Gasteiger partial charge in [0.15, 0.2) is 5.76 Å². The average molecular weight is 700 g/mol. The highest BCUT2D eigenvalue weighted by molar-refractivity contribution is 5.96. The van der Waals surface area contributed by atoms with E-state index < -0.39 is 19.1 Å². The number of piperidine rings is 2. The van der Waals surface area contributed by atoms with Crippen LogP contribution in [0.1, 0.15) is 40.9 Å². The molecule has 0 bridgehead atoms. The lowest BCUT2D eigenvalue weighted by molar-refractivity contribution is 0.0191. The molecule has 266 valence electrons. The Kier molecular flexibility index (Phi) is 10.7. The summed E-state index contributed by atoms with van der Waals surface area (Å²) in [4.78, 5) is 17.5. The highest BCUT2D eigenvalue weighted by atomic mass is 19.1. The normalized spacial score (nSPS) is 18.8. The maximum absolute atomic E-state index is 15.3. The fraction of sp³-hybridized carbons (Fsp3) is 0.325. The van der Waals surface area contributed by atoms with Crippen molar-refractivity contribution in [2.45, 2.75) is 50.7 Å². The van der Waals surface area contributed by atoms with Crippen LogP contribution in [-0.2, 0) is 13.1 Å². The summed E-state index contributed by atoms with van der Waals surface area (Å²) in [5, 5.41) is 3.83. The second-order valence-electron chi connectivity index (χ2n) is 13.1. The van der Waals surface area contributed by atoms with Crippen molar-refractivity contribution in [2.75, 3.05) is 33.0 Å². The summed E-state index contributed by atoms with van der Waals surface area (Å²) in [5.74, 6) is 1.89. The van der Waals surface area contributed by atoms with Crippen molar-refractivity contribution in [1.29, 1.82) is 0 Å². The van der Waals surface area contributed by atoms with Gasteiger partial charge in [-0.1, -0.05) is 24.3 Å². The molecule has 1 amide bonds. The Balaban J connectivity index is 0.861. The van der Waals surface area contributed by atoms with Crippen LogP contribution in [0, 0.1) is 5.82 Å². The number of halogens is 3. The van der Waals surface area contributed by atoms with Crippen LogP contribution < -0.4 is 19.5 Å². The quantitative estimate of drug-likeness (QED) is 0.141. The van der Waals surface area contributed by atoms with Crippen molar-refractivity contribution in [3.63, 3.8) is 0 Å². The first-order valence-corrected chi connectivity index (χ1v) is 17.3. The third-order valence-corrected chi connectivity index (χ3v) is 9.42. The van der Waals surface area contributed by atoms with Crippen LogP contribution in [0.3, 0.4) is 0 Å². The molecule has 0 radical (unpaired) electrons. The Hall–Kier alpha value is -5.00. The van der Waals surface area contributed by atoms with Crippen molar-refractivity contribution < 1.29 is 36.6 Å². The smallest absolute Gasteiger partial charge is 0.287 e. The van der Waals surface area contributed by atoms with Gasteiger partial charge in [0.1, 0.15) is 46.7 Å². The molecule has 3 heterocycles. The standard InChI is InChI=1S/C40H40F3N3O5/c41-26-48-32-7-1-27(2-8-32)23-45-18-15-31(16-19-45)44-40(47)39-22-29-21-35(13-14-37(29)51-39)50-38-17-20-46(25-36(38)43)24-28-3-9-33(10-4-28)49-34-11-5-30(42)6-12-34/h1-14,21-22,31,36,38H,15-20,23-26H2,(H,44,47)/t36-,38-/m1/s1. The molecule has 2 aliphatic rings. The number of benzene rings is 4. The summed E-state index contributed by atoms with van der Waals surface area (Å²) in [6, 6.07) is 27.9. The van der Waals surface area contributed by atoms with Gasteiger partial charge in [0, 0.05) is 50.7 Å². The Morgan fingerprint density at radius 3 is 2.04 bits per heavy atom. The molecule has 8 nitrogen and oxygen atoms in total. The number of likely N-dealkylation sites (tertiary alicyclic amines) is 2. The predicted molar refractivity (Wildman–Crippen MR) is 187 cm³/mol. The van der Waals surface area contributed by atoms with Crippen LogP contribution in [0.4, 0.5) is 13.2 Å². The Labute approximate surface area is 294 Å². The number of nitrogens with zero attached hydrogens (tertiary/aromatic N) is 2. The van der Waals surface area contributed by atoms with Gasteiger partial charge in [-0.2, -0.15) is 0 Å². The number of carbonyl (C=O) groups is 1. The van der Waals surface area contributed by atoms with E-state index in [1.807, 2.05) is 36.4 Å². The molecule has 2 atom stereocenters. The average Bonchev–Trinajstić information content (AvgIpc) is 3.57. The molecule has 11 heteroatoms. The summed E-state index contributed by atoms with van der Waals surface area (Å²) in [6.45, 7) is 3.14. The van der Waals surface area contributed by atoms with Gasteiger partial charge in [0.2, 0.25) is 6.86 Å². The largest absolute Gasteiger partial charge is 0.487 e. The van der Waals surface area contributed by atoms with Crippen LogP contribution in [-0.4, -0.2) is 67.1 Å². The van der Waals surface area contributed by atoms with Crippen molar-refractivity contribution >= 4 is 16.9 Å². The van der Waals surface area contributed by atoms with E-state index in [0.29, 0.717) is 48.1 Å². The molecule has 2 saturated heterocycles. The lowest BCUT2D eigenvalue weighted by Gasteiger charge is -2.34. The molecule has 2 fully saturated rings. The first kappa shape index (κ1) is 34.4. The number of ether oxygens (including phenoxy) is 3. The predicted octanol–water partition coefficient (Wildman–Crippen LogP) is 8.06. The molecule has 7 rings (SSSR count). The van der Waals surface area contributed by atoms with Gasteiger partial charge in [-0.25, -0.2) is 13.2 Å². The van der Waals surface area contributed by atoms with E-state index in [0.717, 1.165) is 49.0 Å². The van der Waals surface area contributed by atoms with Crippen molar-refractivity contribution in [3.05, 3.63) is 120 Å². The van der Waals surface area contributed by atoms with E-state index in [4.69, 9.17) is 18.6 Å². The van der Waals surface area contributed by atoms with Crippen molar-refractivity contribution in [3.8, 4) is 23.0 Å². The van der Waals surface area contributed by atoms with Crippen LogP contribution >= 0.6 is 0 Å². The second-order valence-corrected chi connectivity index (χ2v) is 13.1. The molecule has 0 saturated carbocycles. The molecular weight excluding hydrogens is 659 g/mol. The van der Waals surface area contributed by atoms with Gasteiger partial charge in [0.25, 0.3) is 5.91 Å². The van der Waals surface area contributed by atoms with Gasteiger partial charge in [-0.3, -0.25) is 14.6 Å². The lowest BCUT2D eigenvalue weighted by Crippen LogP contribution is -2.46. The summed E-state index contributed by atoms with van der Waals surface area (Å²) >= 11 is 0. The molecule has 1 aromatic heterocycles. The van der Waals surface area contributed by atoms with Gasteiger partial charge in [-0.05, 0) is 103 Å². The van der Waals surface area contributed by atoms with Crippen LogP contribution in [0.25, 0.3) is 11.0 Å². The number of amides is 1. The Bertz CT molecular complexity index is 1890. The van der Waals surface area contributed by atoms with E-state index in [9.17, 15) is 13.6 Å². The van der Waals surface area contributed by atoms with E-state index in [-0.39, 0.29) is 30.1 Å². The number of hydrogen-bond acceptors (Lipinski definition) is 7. The number of nitrogens with one attached hydrogen (secondary N) is 1. The first-order valence-electron chi connectivity index (χ1n) is 17.3. The van der Waals surface area contributed by atoms with Crippen molar-refractivity contribution in [2.24, 2.45) is 0 Å². The fourth-order valence-corrected chi connectivity index (χ4v) is 6.67. The second kappa shape index (κ2) is 15.9. The zero-order valence-corrected chi connectivity index (χ0v) is 28.1. The maximum atomic E-state index is 15.3. The topological polar surface area (TPSA) is 76.4 Å². The van der Waals surface area contributed by atoms with Crippen LogP contribution in [0.2, 0.25) is 0 Å².